The van der Waals surface area contributed by atoms with Crippen LogP contribution in [-0.4, -0.2) is 7.05 Å². The van der Waals surface area contributed by atoms with Crippen molar-refractivity contribution in [3.8, 4) is 0 Å². The highest BCUT2D eigenvalue weighted by atomic mass is 16.5. The van der Waals surface area contributed by atoms with E-state index in [0.717, 1.165) is 31.0 Å². The number of hydrogen-bond acceptors (Lipinski definition) is 2. The van der Waals surface area contributed by atoms with E-state index in [-0.39, 0.29) is 0 Å². The lowest BCUT2D eigenvalue weighted by molar-refractivity contribution is 0.134. The third-order valence-electron chi connectivity index (χ3n) is 5.10. The van der Waals surface area contributed by atoms with Crippen molar-refractivity contribution >= 4 is 0 Å². The smallest absolute Gasteiger partial charge is 0.0725 e. The van der Waals surface area contributed by atoms with Gasteiger partial charge >= 0.3 is 0 Å². The molecule has 1 aromatic rings. The van der Waals surface area contributed by atoms with Gasteiger partial charge in [0.15, 0.2) is 0 Å². The predicted octanol–water partition coefficient (Wildman–Crippen LogP) is 4.05. The lowest BCUT2D eigenvalue weighted by Crippen LogP contribution is -2.31. The highest BCUT2D eigenvalue weighted by Crippen LogP contribution is 2.40. The molecule has 110 valence electrons. The molecule has 1 saturated carbocycles. The van der Waals surface area contributed by atoms with E-state index in [0.29, 0.717) is 6.04 Å². The van der Waals surface area contributed by atoms with Crippen molar-refractivity contribution in [3.63, 3.8) is 0 Å². The maximum absolute atomic E-state index is 5.54. The average molecular weight is 273 g/mol. The van der Waals surface area contributed by atoms with Crippen molar-refractivity contribution in [1.82, 2.24) is 5.32 Å². The van der Waals surface area contributed by atoms with Crippen molar-refractivity contribution < 1.29 is 4.74 Å². The Balaban J connectivity index is 1.82. The molecule has 0 aromatic heterocycles. The Hall–Kier alpha value is -0.860. The lowest BCUT2D eigenvalue weighted by atomic mass is 9.72. The summed E-state index contributed by atoms with van der Waals surface area (Å²) in [5.41, 5.74) is 4.21. The van der Waals surface area contributed by atoms with E-state index in [1.807, 2.05) is 0 Å². The molecule has 1 aromatic carbocycles. The molecule has 1 fully saturated rings. The van der Waals surface area contributed by atoms with Crippen molar-refractivity contribution in [1.29, 1.82) is 0 Å². The van der Waals surface area contributed by atoms with Crippen LogP contribution in [-0.2, 0) is 18.0 Å². The van der Waals surface area contributed by atoms with Crippen LogP contribution in [0.2, 0.25) is 0 Å². The highest BCUT2D eigenvalue weighted by molar-refractivity contribution is 5.35. The van der Waals surface area contributed by atoms with Crippen LogP contribution in [0.15, 0.2) is 18.2 Å². The SMILES string of the molecule is CNC(c1ccc2c(c1)COC2)C1CC(C)CC(C)C1. The van der Waals surface area contributed by atoms with Crippen molar-refractivity contribution in [2.24, 2.45) is 17.8 Å². The summed E-state index contributed by atoms with van der Waals surface area (Å²) in [5.74, 6) is 2.48. The molecule has 0 amide bonds. The number of benzene rings is 1. The highest BCUT2D eigenvalue weighted by Gasteiger charge is 2.30. The first-order valence-corrected chi connectivity index (χ1v) is 8.04. The van der Waals surface area contributed by atoms with Gasteiger partial charge in [0.25, 0.3) is 0 Å². The Kier molecular flexibility index (Phi) is 4.13. The molecule has 2 heteroatoms. The van der Waals surface area contributed by atoms with E-state index in [2.05, 4.69) is 44.4 Å². The monoisotopic (exact) mass is 273 g/mol. The maximum Gasteiger partial charge on any atom is 0.0725 e. The van der Waals surface area contributed by atoms with Crippen LogP contribution >= 0.6 is 0 Å². The van der Waals surface area contributed by atoms with Crippen molar-refractivity contribution in [3.05, 3.63) is 34.9 Å². The van der Waals surface area contributed by atoms with Crippen LogP contribution in [0.3, 0.4) is 0 Å². The molecule has 20 heavy (non-hydrogen) atoms. The quantitative estimate of drug-likeness (QED) is 0.897. The molecule has 0 radical (unpaired) electrons. The molecule has 0 spiro atoms. The van der Waals surface area contributed by atoms with Gasteiger partial charge in [0, 0.05) is 6.04 Å². The van der Waals surface area contributed by atoms with Crippen molar-refractivity contribution in [2.75, 3.05) is 7.05 Å². The van der Waals surface area contributed by atoms with Gasteiger partial charge in [-0.3, -0.25) is 0 Å². The molecule has 0 bridgehead atoms. The first-order valence-electron chi connectivity index (χ1n) is 8.04. The zero-order valence-corrected chi connectivity index (χ0v) is 13.0. The van der Waals surface area contributed by atoms with Crippen LogP contribution in [0.25, 0.3) is 0 Å². The van der Waals surface area contributed by atoms with Crippen LogP contribution in [0.1, 0.15) is 55.8 Å². The fourth-order valence-corrected chi connectivity index (χ4v) is 4.34. The molecule has 1 aliphatic heterocycles. The Labute approximate surface area is 122 Å². The molecule has 3 rings (SSSR count). The maximum atomic E-state index is 5.54. The van der Waals surface area contributed by atoms with Gasteiger partial charge in [-0.25, -0.2) is 0 Å². The first kappa shape index (κ1) is 14.1. The topological polar surface area (TPSA) is 21.3 Å². The summed E-state index contributed by atoms with van der Waals surface area (Å²) in [6.07, 6.45) is 4.10. The number of nitrogens with one attached hydrogen (secondary N) is 1. The van der Waals surface area contributed by atoms with E-state index < -0.39 is 0 Å². The Morgan fingerprint density at radius 1 is 1.05 bits per heavy atom. The van der Waals surface area contributed by atoms with E-state index >= 15 is 0 Å². The van der Waals surface area contributed by atoms with E-state index in [4.69, 9.17) is 4.74 Å². The Morgan fingerprint density at radius 3 is 2.45 bits per heavy atom. The Morgan fingerprint density at radius 2 is 1.75 bits per heavy atom. The van der Waals surface area contributed by atoms with E-state index in [1.165, 1.54) is 36.0 Å². The molecule has 1 N–H and O–H groups in total. The van der Waals surface area contributed by atoms with Crippen LogP contribution in [0, 0.1) is 17.8 Å². The molecular weight excluding hydrogens is 246 g/mol. The minimum absolute atomic E-state index is 0.492. The summed E-state index contributed by atoms with van der Waals surface area (Å²) in [5, 5.41) is 3.58. The third-order valence-corrected chi connectivity index (χ3v) is 5.10. The summed E-state index contributed by atoms with van der Waals surface area (Å²) in [7, 11) is 2.11. The van der Waals surface area contributed by atoms with Gasteiger partial charge in [-0.15, -0.1) is 0 Å². The number of hydrogen-bond donors (Lipinski definition) is 1. The fourth-order valence-electron chi connectivity index (χ4n) is 4.34. The average Bonchev–Trinajstić information content (AvgIpc) is 2.86. The van der Waals surface area contributed by atoms with Gasteiger partial charge in [0.05, 0.1) is 13.2 Å². The minimum Gasteiger partial charge on any atom is -0.372 e. The van der Waals surface area contributed by atoms with Gasteiger partial charge in [0.2, 0.25) is 0 Å². The zero-order valence-electron chi connectivity index (χ0n) is 13.0. The molecular formula is C18H27NO. The number of ether oxygens (including phenoxy) is 1. The summed E-state index contributed by atoms with van der Waals surface area (Å²) in [6.45, 7) is 6.40. The van der Waals surface area contributed by atoms with Gasteiger partial charge < -0.3 is 10.1 Å². The standard InChI is InChI=1S/C18H27NO/c1-12-6-13(2)8-16(7-12)18(19-3)14-4-5-15-10-20-11-17(15)9-14/h4-5,9,12-13,16,18-19H,6-8,10-11H2,1-3H3. The van der Waals surface area contributed by atoms with E-state index in [9.17, 15) is 0 Å². The van der Waals surface area contributed by atoms with Crippen LogP contribution < -0.4 is 5.32 Å². The second kappa shape index (κ2) is 5.87. The summed E-state index contributed by atoms with van der Waals surface area (Å²) in [6, 6.07) is 7.43. The van der Waals surface area contributed by atoms with Crippen LogP contribution in [0.4, 0.5) is 0 Å². The normalized spacial score (nSPS) is 31.1. The molecule has 1 aliphatic carbocycles. The summed E-state index contributed by atoms with van der Waals surface area (Å²) < 4.78 is 5.54. The molecule has 2 aliphatic rings. The zero-order chi connectivity index (χ0) is 14.1. The summed E-state index contributed by atoms with van der Waals surface area (Å²) in [4.78, 5) is 0. The third kappa shape index (κ3) is 2.77. The molecule has 1 heterocycles. The van der Waals surface area contributed by atoms with Gasteiger partial charge in [0.1, 0.15) is 0 Å². The lowest BCUT2D eigenvalue weighted by Gasteiger charge is -2.36. The minimum atomic E-state index is 0.492. The van der Waals surface area contributed by atoms with Gasteiger partial charge in [-0.05, 0) is 60.8 Å². The van der Waals surface area contributed by atoms with Gasteiger partial charge in [-0.1, -0.05) is 32.0 Å². The van der Waals surface area contributed by atoms with Crippen molar-refractivity contribution in [2.45, 2.75) is 52.4 Å². The first-order chi connectivity index (χ1) is 9.67. The second-order valence-corrected chi connectivity index (χ2v) is 6.96. The molecule has 0 saturated heterocycles. The fraction of sp³-hybridized carbons (Fsp3) is 0.667. The number of fused-ring (bicyclic) bond motifs is 1. The van der Waals surface area contributed by atoms with Gasteiger partial charge in [-0.2, -0.15) is 0 Å². The summed E-state index contributed by atoms with van der Waals surface area (Å²) >= 11 is 0. The predicted molar refractivity (Wildman–Crippen MR) is 82.4 cm³/mol. The largest absolute Gasteiger partial charge is 0.372 e. The Bertz CT molecular complexity index is 460. The molecule has 2 nitrogen and oxygen atoms in total. The van der Waals surface area contributed by atoms with E-state index in [1.54, 1.807) is 0 Å². The molecule has 3 unspecified atom stereocenters. The van der Waals surface area contributed by atoms with Crippen LogP contribution in [0.5, 0.6) is 0 Å². The number of rotatable bonds is 3. The molecule has 3 atom stereocenters. The second-order valence-electron chi connectivity index (χ2n) is 6.96.